The van der Waals surface area contributed by atoms with Crippen molar-refractivity contribution in [2.45, 2.75) is 25.5 Å². The van der Waals surface area contributed by atoms with Crippen LogP contribution in [0.5, 0.6) is 11.5 Å². The molecule has 1 N–H and O–H groups in total. The van der Waals surface area contributed by atoms with Crippen molar-refractivity contribution in [3.05, 3.63) is 58.1 Å². The minimum absolute atomic E-state index is 0.0286. The topological polar surface area (TPSA) is 73.9 Å². The zero-order valence-electron chi connectivity index (χ0n) is 15.7. The number of halogens is 2. The summed E-state index contributed by atoms with van der Waals surface area (Å²) in [5.41, 5.74) is 0.729. The van der Waals surface area contributed by atoms with Gasteiger partial charge >= 0.3 is 5.97 Å². The molecule has 0 spiro atoms. The van der Waals surface area contributed by atoms with Gasteiger partial charge in [-0.05, 0) is 36.8 Å². The van der Waals surface area contributed by atoms with Crippen molar-refractivity contribution in [3.63, 3.8) is 0 Å². The van der Waals surface area contributed by atoms with E-state index in [-0.39, 0.29) is 11.4 Å². The molecule has 0 fully saturated rings. The van der Waals surface area contributed by atoms with Crippen LogP contribution in [0.3, 0.4) is 0 Å². The van der Waals surface area contributed by atoms with Crippen LogP contribution in [0, 0.1) is 0 Å². The van der Waals surface area contributed by atoms with E-state index in [9.17, 15) is 9.59 Å². The fourth-order valence-electron chi connectivity index (χ4n) is 2.45. The lowest BCUT2D eigenvalue weighted by molar-refractivity contribution is -0.141. The molecule has 2 rings (SSSR count). The van der Waals surface area contributed by atoms with Gasteiger partial charge < -0.3 is 19.5 Å². The molecule has 8 heteroatoms. The van der Waals surface area contributed by atoms with Crippen molar-refractivity contribution < 1.29 is 23.8 Å². The number of carbonyl (C=O) groups is 2. The molecule has 2 aromatic carbocycles. The monoisotopic (exact) mass is 425 g/mol. The second-order valence-electron chi connectivity index (χ2n) is 5.93. The first kappa shape index (κ1) is 21.9. The minimum Gasteiger partial charge on any atom is -0.497 e. The Morgan fingerprint density at radius 3 is 2.36 bits per heavy atom. The Kier molecular flexibility index (Phi) is 7.96. The van der Waals surface area contributed by atoms with Crippen molar-refractivity contribution in [1.29, 1.82) is 0 Å². The number of carbonyl (C=O) groups excluding carboxylic acids is 2. The number of hydrogen-bond acceptors (Lipinski definition) is 5. The van der Waals surface area contributed by atoms with Gasteiger partial charge in [-0.15, -0.1) is 0 Å². The zero-order valence-corrected chi connectivity index (χ0v) is 17.2. The highest BCUT2D eigenvalue weighted by Gasteiger charge is 2.23. The molecule has 0 saturated heterocycles. The molecule has 0 radical (unpaired) electrons. The van der Waals surface area contributed by atoms with Crippen molar-refractivity contribution in [2.24, 2.45) is 0 Å². The van der Waals surface area contributed by atoms with Gasteiger partial charge in [0.2, 0.25) is 0 Å². The molecular formula is C20H21Cl2NO5. The molecule has 0 aliphatic carbocycles. The Hall–Kier alpha value is -2.44. The van der Waals surface area contributed by atoms with Crippen molar-refractivity contribution in [2.75, 3.05) is 14.2 Å². The summed E-state index contributed by atoms with van der Waals surface area (Å²) in [5.74, 6) is 0.0957. The summed E-state index contributed by atoms with van der Waals surface area (Å²) in [5, 5.41) is 3.36. The van der Waals surface area contributed by atoms with E-state index in [1.165, 1.54) is 7.11 Å². The molecule has 2 unspecified atom stereocenters. The summed E-state index contributed by atoms with van der Waals surface area (Å²) < 4.78 is 15.5. The Morgan fingerprint density at radius 1 is 1.07 bits per heavy atom. The van der Waals surface area contributed by atoms with Gasteiger partial charge in [0.15, 0.2) is 6.10 Å². The fraction of sp³-hybridized carbons (Fsp3) is 0.300. The normalized spacial score (nSPS) is 12.6. The highest BCUT2D eigenvalue weighted by Crippen LogP contribution is 2.32. The molecule has 0 heterocycles. The molecule has 2 aromatic rings. The van der Waals surface area contributed by atoms with Gasteiger partial charge in [-0.1, -0.05) is 41.4 Å². The maximum atomic E-state index is 12.6. The quantitative estimate of drug-likeness (QED) is 0.641. The van der Waals surface area contributed by atoms with Crippen LogP contribution < -0.4 is 14.8 Å². The van der Waals surface area contributed by atoms with Gasteiger partial charge in [0.25, 0.3) is 5.91 Å². The molecule has 6 nitrogen and oxygen atoms in total. The number of rotatable bonds is 8. The van der Waals surface area contributed by atoms with E-state index in [1.54, 1.807) is 56.5 Å². The van der Waals surface area contributed by atoms with Crippen LogP contribution in [-0.2, 0) is 14.3 Å². The summed E-state index contributed by atoms with van der Waals surface area (Å²) in [6, 6.07) is 11.4. The van der Waals surface area contributed by atoms with Gasteiger partial charge in [-0.25, -0.2) is 0 Å². The number of amides is 1. The third kappa shape index (κ3) is 5.78. The predicted octanol–water partition coefficient (Wildman–Crippen LogP) is 4.19. The second-order valence-corrected chi connectivity index (χ2v) is 6.71. The lowest BCUT2D eigenvalue weighted by atomic mass is 10.0. The van der Waals surface area contributed by atoms with Crippen LogP contribution in [-0.4, -0.2) is 32.2 Å². The van der Waals surface area contributed by atoms with E-state index in [1.807, 2.05) is 0 Å². The molecule has 150 valence electrons. The summed E-state index contributed by atoms with van der Waals surface area (Å²) in [6.07, 6.45) is -0.895. The second kappa shape index (κ2) is 10.2. The third-order valence-corrected chi connectivity index (χ3v) is 4.82. The first-order valence-electron chi connectivity index (χ1n) is 8.47. The summed E-state index contributed by atoms with van der Waals surface area (Å²) >= 11 is 12.1. The highest BCUT2D eigenvalue weighted by atomic mass is 35.5. The maximum absolute atomic E-state index is 12.6. The molecule has 0 bridgehead atoms. The van der Waals surface area contributed by atoms with Gasteiger partial charge in [0.1, 0.15) is 16.5 Å². The number of benzene rings is 2. The molecule has 1 amide bonds. The minimum atomic E-state index is -0.866. The molecular weight excluding hydrogens is 405 g/mol. The SMILES string of the molecule is COC(=O)CC(NC(=O)C(C)Oc1cccc(Cl)c1Cl)c1ccc(OC)cc1. The number of esters is 1. The molecule has 0 aliphatic heterocycles. The lowest BCUT2D eigenvalue weighted by Gasteiger charge is -2.22. The summed E-state index contributed by atoms with van der Waals surface area (Å²) in [4.78, 5) is 24.4. The van der Waals surface area contributed by atoms with Gasteiger partial charge in [-0.2, -0.15) is 0 Å². The Balaban J connectivity index is 2.13. The van der Waals surface area contributed by atoms with Crippen LogP contribution in [0.15, 0.2) is 42.5 Å². The van der Waals surface area contributed by atoms with E-state index >= 15 is 0 Å². The van der Waals surface area contributed by atoms with Gasteiger partial charge in [-0.3, -0.25) is 9.59 Å². The fourth-order valence-corrected chi connectivity index (χ4v) is 2.78. The Labute approximate surface area is 173 Å². The van der Waals surface area contributed by atoms with Crippen LogP contribution >= 0.6 is 23.2 Å². The Bertz CT molecular complexity index is 826. The summed E-state index contributed by atoms with van der Waals surface area (Å²) in [6.45, 7) is 1.58. The molecule has 0 saturated carbocycles. The molecule has 2 atom stereocenters. The van der Waals surface area contributed by atoms with Gasteiger partial charge in [0, 0.05) is 0 Å². The Morgan fingerprint density at radius 2 is 1.75 bits per heavy atom. The van der Waals surface area contributed by atoms with Crippen molar-refractivity contribution >= 4 is 35.1 Å². The van der Waals surface area contributed by atoms with E-state index in [2.05, 4.69) is 5.32 Å². The van der Waals surface area contributed by atoms with Crippen molar-refractivity contribution in [3.8, 4) is 11.5 Å². The number of hydrogen-bond donors (Lipinski definition) is 1. The van der Waals surface area contributed by atoms with Crippen molar-refractivity contribution in [1.82, 2.24) is 5.32 Å². The van der Waals surface area contributed by atoms with E-state index in [0.717, 1.165) is 5.56 Å². The van der Waals surface area contributed by atoms with E-state index in [4.69, 9.17) is 37.4 Å². The van der Waals surface area contributed by atoms with E-state index < -0.39 is 24.0 Å². The molecule has 0 aromatic heterocycles. The van der Waals surface area contributed by atoms with Crippen LogP contribution in [0.2, 0.25) is 10.0 Å². The maximum Gasteiger partial charge on any atom is 0.307 e. The first-order valence-corrected chi connectivity index (χ1v) is 9.23. The first-order chi connectivity index (χ1) is 13.3. The smallest absolute Gasteiger partial charge is 0.307 e. The van der Waals surface area contributed by atoms with E-state index in [0.29, 0.717) is 16.5 Å². The third-order valence-electron chi connectivity index (χ3n) is 4.02. The van der Waals surface area contributed by atoms with Crippen LogP contribution in [0.1, 0.15) is 24.9 Å². The zero-order chi connectivity index (χ0) is 20.7. The lowest BCUT2D eigenvalue weighted by Crippen LogP contribution is -2.39. The molecule has 28 heavy (non-hydrogen) atoms. The molecule has 0 aliphatic rings. The number of ether oxygens (including phenoxy) is 3. The number of methoxy groups -OCH3 is 2. The van der Waals surface area contributed by atoms with Gasteiger partial charge in [0.05, 0.1) is 31.7 Å². The highest BCUT2D eigenvalue weighted by molar-refractivity contribution is 6.42. The predicted molar refractivity (Wildman–Crippen MR) is 107 cm³/mol. The average molecular weight is 426 g/mol. The largest absolute Gasteiger partial charge is 0.497 e. The van der Waals surface area contributed by atoms with Crippen LogP contribution in [0.25, 0.3) is 0 Å². The average Bonchev–Trinajstić information content (AvgIpc) is 2.70. The number of nitrogens with one attached hydrogen (secondary N) is 1. The van der Waals surface area contributed by atoms with Crippen LogP contribution in [0.4, 0.5) is 0 Å². The summed E-state index contributed by atoms with van der Waals surface area (Å²) in [7, 11) is 2.85. The standard InChI is InChI=1S/C20H21Cl2NO5/c1-12(28-17-6-4-5-15(21)19(17)22)20(25)23-16(11-18(24)27-3)13-7-9-14(26-2)10-8-13/h4-10,12,16H,11H2,1-3H3,(H,23,25).